The van der Waals surface area contributed by atoms with Crippen LogP contribution in [0.15, 0.2) is 22.8 Å². The minimum Gasteiger partial charge on any atom is -0.459 e. The van der Waals surface area contributed by atoms with Crippen LogP contribution in [0.1, 0.15) is 17.0 Å². The average molecular weight is 258 g/mol. The highest BCUT2D eigenvalue weighted by atomic mass is 32.2. The number of likely N-dealkylation sites (tertiary alicyclic amines) is 1. The molecule has 1 aromatic rings. The van der Waals surface area contributed by atoms with Crippen molar-refractivity contribution in [2.45, 2.75) is 6.42 Å². The van der Waals surface area contributed by atoms with Crippen molar-refractivity contribution >= 4 is 15.9 Å². The lowest BCUT2D eigenvalue weighted by atomic mass is 10.2. The number of rotatable bonds is 3. The number of hydrogen-bond donors (Lipinski definition) is 1. The molecule has 17 heavy (non-hydrogen) atoms. The van der Waals surface area contributed by atoms with E-state index in [-0.39, 0.29) is 23.3 Å². The van der Waals surface area contributed by atoms with E-state index in [4.69, 9.17) is 9.56 Å². The number of carbonyl (C=O) groups is 1. The maximum atomic E-state index is 11.9. The SMILES string of the molecule is NS(=O)(=O)CC1CCN(C(=O)c2ccco2)C1. The van der Waals surface area contributed by atoms with Crippen molar-refractivity contribution in [3.63, 3.8) is 0 Å². The maximum Gasteiger partial charge on any atom is 0.289 e. The van der Waals surface area contributed by atoms with Crippen molar-refractivity contribution in [1.82, 2.24) is 4.90 Å². The molecule has 0 saturated carbocycles. The molecule has 1 unspecified atom stereocenters. The molecule has 1 fully saturated rings. The summed E-state index contributed by atoms with van der Waals surface area (Å²) in [5, 5.41) is 4.98. The van der Waals surface area contributed by atoms with Crippen LogP contribution in [0.4, 0.5) is 0 Å². The molecule has 0 spiro atoms. The van der Waals surface area contributed by atoms with E-state index in [1.54, 1.807) is 17.0 Å². The first-order valence-electron chi connectivity index (χ1n) is 5.29. The molecule has 0 aromatic carbocycles. The molecule has 7 heteroatoms. The van der Waals surface area contributed by atoms with E-state index in [1.807, 2.05) is 0 Å². The number of amides is 1. The summed E-state index contributed by atoms with van der Waals surface area (Å²) in [5.74, 6) is -0.0772. The van der Waals surface area contributed by atoms with Crippen LogP contribution in [-0.2, 0) is 10.0 Å². The average Bonchev–Trinajstić information content (AvgIpc) is 2.83. The smallest absolute Gasteiger partial charge is 0.289 e. The molecule has 1 aromatic heterocycles. The Balaban J connectivity index is 1.96. The summed E-state index contributed by atoms with van der Waals surface area (Å²) in [5.41, 5.74) is 0. The highest BCUT2D eigenvalue weighted by Gasteiger charge is 2.30. The third-order valence-electron chi connectivity index (χ3n) is 2.77. The molecular formula is C10H14N2O4S. The van der Waals surface area contributed by atoms with Gasteiger partial charge in [-0.15, -0.1) is 0 Å². The number of nitrogens with two attached hydrogens (primary N) is 1. The van der Waals surface area contributed by atoms with Crippen LogP contribution in [0.5, 0.6) is 0 Å². The van der Waals surface area contributed by atoms with Crippen LogP contribution in [0.2, 0.25) is 0 Å². The molecule has 1 saturated heterocycles. The van der Waals surface area contributed by atoms with E-state index in [9.17, 15) is 13.2 Å². The minimum atomic E-state index is -3.47. The van der Waals surface area contributed by atoms with Crippen molar-refractivity contribution in [2.24, 2.45) is 11.1 Å². The lowest BCUT2D eigenvalue weighted by molar-refractivity contribution is 0.0756. The van der Waals surface area contributed by atoms with Gasteiger partial charge in [-0.05, 0) is 24.5 Å². The molecule has 2 heterocycles. The van der Waals surface area contributed by atoms with Crippen LogP contribution in [0, 0.1) is 5.92 Å². The van der Waals surface area contributed by atoms with Crippen molar-refractivity contribution in [1.29, 1.82) is 0 Å². The fraction of sp³-hybridized carbons (Fsp3) is 0.500. The quantitative estimate of drug-likeness (QED) is 0.827. The Morgan fingerprint density at radius 3 is 2.94 bits per heavy atom. The molecule has 94 valence electrons. The van der Waals surface area contributed by atoms with Gasteiger partial charge in [0.2, 0.25) is 10.0 Å². The molecule has 0 aliphatic carbocycles. The van der Waals surface area contributed by atoms with Crippen LogP contribution in [-0.4, -0.2) is 38.1 Å². The minimum absolute atomic E-state index is 0.0745. The third-order valence-corrected chi connectivity index (χ3v) is 3.71. The fourth-order valence-corrected chi connectivity index (χ4v) is 2.97. The molecule has 6 nitrogen and oxygen atoms in total. The summed E-state index contributed by atoms with van der Waals surface area (Å²) < 4.78 is 26.9. The first-order valence-corrected chi connectivity index (χ1v) is 7.00. The van der Waals surface area contributed by atoms with Gasteiger partial charge >= 0.3 is 0 Å². The molecule has 0 radical (unpaired) electrons. The topological polar surface area (TPSA) is 93.6 Å². The number of furan rings is 1. The molecule has 1 aliphatic rings. The van der Waals surface area contributed by atoms with Crippen LogP contribution in [0.25, 0.3) is 0 Å². The number of primary sulfonamides is 1. The zero-order valence-corrected chi connectivity index (χ0v) is 10.0. The van der Waals surface area contributed by atoms with Gasteiger partial charge in [-0.1, -0.05) is 0 Å². The zero-order chi connectivity index (χ0) is 12.5. The van der Waals surface area contributed by atoms with Gasteiger partial charge in [0.25, 0.3) is 5.91 Å². The summed E-state index contributed by atoms with van der Waals surface area (Å²) in [6.45, 7) is 0.954. The summed E-state index contributed by atoms with van der Waals surface area (Å²) >= 11 is 0. The van der Waals surface area contributed by atoms with Gasteiger partial charge < -0.3 is 9.32 Å². The van der Waals surface area contributed by atoms with Gasteiger partial charge in [-0.2, -0.15) is 0 Å². The maximum absolute atomic E-state index is 11.9. The molecule has 2 rings (SSSR count). The predicted octanol–water partition coefficient (Wildman–Crippen LogP) is 0.0302. The molecule has 1 atom stereocenters. The second-order valence-electron chi connectivity index (χ2n) is 4.21. The Bertz CT molecular complexity index is 494. The Morgan fingerprint density at radius 1 is 1.59 bits per heavy atom. The predicted molar refractivity (Wildman–Crippen MR) is 60.7 cm³/mol. The monoisotopic (exact) mass is 258 g/mol. The largest absolute Gasteiger partial charge is 0.459 e. The number of sulfonamides is 1. The molecule has 0 bridgehead atoms. The third kappa shape index (κ3) is 3.07. The van der Waals surface area contributed by atoms with Gasteiger partial charge in [-0.3, -0.25) is 4.79 Å². The summed E-state index contributed by atoms with van der Waals surface area (Å²) in [6.07, 6.45) is 2.09. The summed E-state index contributed by atoms with van der Waals surface area (Å²) in [6, 6.07) is 3.24. The molecule has 2 N–H and O–H groups in total. The summed E-state index contributed by atoms with van der Waals surface area (Å²) in [7, 11) is -3.47. The van der Waals surface area contributed by atoms with Crippen molar-refractivity contribution in [2.75, 3.05) is 18.8 Å². The fourth-order valence-electron chi connectivity index (χ4n) is 2.04. The van der Waals surface area contributed by atoms with E-state index in [1.165, 1.54) is 6.26 Å². The van der Waals surface area contributed by atoms with Gasteiger partial charge in [0.1, 0.15) is 0 Å². The first kappa shape index (κ1) is 12.1. The Labute approximate surface area is 99.4 Å². The number of nitrogens with zero attached hydrogens (tertiary/aromatic N) is 1. The lowest BCUT2D eigenvalue weighted by Gasteiger charge is -2.14. The van der Waals surface area contributed by atoms with Crippen LogP contribution in [0.3, 0.4) is 0 Å². The van der Waals surface area contributed by atoms with Gasteiger partial charge in [0.15, 0.2) is 5.76 Å². The van der Waals surface area contributed by atoms with Gasteiger partial charge in [-0.25, -0.2) is 13.6 Å². The molecular weight excluding hydrogens is 244 g/mol. The number of carbonyl (C=O) groups excluding carboxylic acids is 1. The summed E-state index contributed by atoms with van der Waals surface area (Å²) in [4.78, 5) is 13.5. The van der Waals surface area contributed by atoms with Crippen molar-refractivity contribution < 1.29 is 17.6 Å². The van der Waals surface area contributed by atoms with Gasteiger partial charge in [0, 0.05) is 13.1 Å². The van der Waals surface area contributed by atoms with Gasteiger partial charge in [0.05, 0.1) is 12.0 Å². The second kappa shape index (κ2) is 4.50. The molecule has 1 amide bonds. The van der Waals surface area contributed by atoms with E-state index < -0.39 is 10.0 Å². The highest BCUT2D eigenvalue weighted by molar-refractivity contribution is 7.89. The van der Waals surface area contributed by atoms with E-state index in [2.05, 4.69) is 0 Å². The van der Waals surface area contributed by atoms with Crippen LogP contribution >= 0.6 is 0 Å². The van der Waals surface area contributed by atoms with Crippen molar-refractivity contribution in [3.8, 4) is 0 Å². The standard InChI is InChI=1S/C10H14N2O4S/c11-17(14,15)7-8-3-4-12(6-8)10(13)9-2-1-5-16-9/h1-2,5,8H,3-4,6-7H2,(H2,11,14,15). The number of hydrogen-bond acceptors (Lipinski definition) is 4. The lowest BCUT2D eigenvalue weighted by Crippen LogP contribution is -2.30. The molecule has 1 aliphatic heterocycles. The van der Waals surface area contributed by atoms with E-state index in [0.29, 0.717) is 19.5 Å². The Kier molecular flexibility index (Phi) is 3.21. The van der Waals surface area contributed by atoms with E-state index >= 15 is 0 Å². The Hall–Kier alpha value is -1.34. The Morgan fingerprint density at radius 2 is 2.35 bits per heavy atom. The normalized spacial score (nSPS) is 20.8. The first-order chi connectivity index (χ1) is 7.96. The van der Waals surface area contributed by atoms with Crippen LogP contribution < -0.4 is 5.14 Å². The zero-order valence-electron chi connectivity index (χ0n) is 9.20. The second-order valence-corrected chi connectivity index (χ2v) is 5.87. The highest BCUT2D eigenvalue weighted by Crippen LogP contribution is 2.19. The van der Waals surface area contributed by atoms with Crippen molar-refractivity contribution in [3.05, 3.63) is 24.2 Å². The van der Waals surface area contributed by atoms with E-state index in [0.717, 1.165) is 0 Å².